The van der Waals surface area contributed by atoms with Crippen LogP contribution in [0.4, 0.5) is 4.79 Å². The Balaban J connectivity index is 1.55. The van der Waals surface area contributed by atoms with Crippen molar-refractivity contribution in [2.75, 3.05) is 13.1 Å². The first-order chi connectivity index (χ1) is 13.9. The molecule has 9 heteroatoms. The Morgan fingerprint density at radius 1 is 1.03 bits per heavy atom. The number of hydrogen-bond donors (Lipinski definition) is 1. The summed E-state index contributed by atoms with van der Waals surface area (Å²) >= 11 is 5.87. The number of amides is 5. The lowest BCUT2D eigenvalue weighted by Crippen LogP contribution is -2.41. The van der Waals surface area contributed by atoms with Gasteiger partial charge in [0.05, 0.1) is 6.54 Å². The van der Waals surface area contributed by atoms with Crippen molar-refractivity contribution in [3.63, 3.8) is 0 Å². The molecule has 29 heavy (non-hydrogen) atoms. The van der Waals surface area contributed by atoms with E-state index in [2.05, 4.69) is 5.32 Å². The molecule has 1 aliphatic rings. The number of halogens is 1. The molecule has 0 radical (unpaired) electrons. The van der Waals surface area contributed by atoms with Crippen molar-refractivity contribution in [1.29, 1.82) is 0 Å². The van der Waals surface area contributed by atoms with Crippen LogP contribution in [0.25, 0.3) is 11.3 Å². The fourth-order valence-electron chi connectivity index (χ4n) is 2.83. The highest BCUT2D eigenvalue weighted by Gasteiger charge is 2.44. The lowest BCUT2D eigenvalue weighted by atomic mass is 10.2. The molecule has 0 bridgehead atoms. The minimum Gasteiger partial charge on any atom is -0.459 e. The lowest BCUT2D eigenvalue weighted by Gasteiger charge is -2.14. The quantitative estimate of drug-likeness (QED) is 0.526. The Morgan fingerprint density at radius 2 is 1.72 bits per heavy atom. The summed E-state index contributed by atoms with van der Waals surface area (Å²) in [4.78, 5) is 49.8. The number of carbonyl (C=O) groups excluding carboxylic acids is 4. The average molecular weight is 418 g/mol. The predicted molar refractivity (Wildman–Crippen MR) is 105 cm³/mol. The molecule has 1 aromatic carbocycles. The van der Waals surface area contributed by atoms with Gasteiger partial charge in [0.1, 0.15) is 18.1 Å². The third-order valence-corrected chi connectivity index (χ3v) is 4.67. The van der Waals surface area contributed by atoms with Crippen molar-refractivity contribution in [2.45, 2.75) is 26.3 Å². The van der Waals surface area contributed by atoms with Crippen LogP contribution in [0.3, 0.4) is 0 Å². The van der Waals surface area contributed by atoms with Gasteiger partial charge in [0, 0.05) is 17.1 Å². The molecule has 152 valence electrons. The van der Waals surface area contributed by atoms with Crippen LogP contribution >= 0.6 is 11.6 Å². The van der Waals surface area contributed by atoms with Gasteiger partial charge in [0.15, 0.2) is 0 Å². The van der Waals surface area contributed by atoms with Crippen molar-refractivity contribution in [3.05, 3.63) is 47.2 Å². The van der Waals surface area contributed by atoms with E-state index in [0.29, 0.717) is 27.9 Å². The molecule has 0 aliphatic carbocycles. The number of carbonyl (C=O) groups is 4. The lowest BCUT2D eigenvalue weighted by molar-refractivity contribution is -0.144. The number of nitrogens with one attached hydrogen (secondary N) is 1. The fourth-order valence-corrected chi connectivity index (χ4v) is 2.96. The number of nitrogens with zero attached hydrogens (tertiary/aromatic N) is 2. The van der Waals surface area contributed by atoms with Crippen LogP contribution in [0, 0.1) is 0 Å². The molecule has 0 atom stereocenters. The van der Waals surface area contributed by atoms with Crippen molar-refractivity contribution in [3.8, 4) is 11.3 Å². The van der Waals surface area contributed by atoms with Crippen LogP contribution < -0.4 is 5.32 Å². The number of unbranched alkanes of at least 4 members (excludes halogenated alkanes) is 1. The predicted octanol–water partition coefficient (Wildman–Crippen LogP) is 2.81. The van der Waals surface area contributed by atoms with Gasteiger partial charge >= 0.3 is 17.8 Å². The molecule has 0 saturated carbocycles. The van der Waals surface area contributed by atoms with Gasteiger partial charge in [-0.1, -0.05) is 24.9 Å². The molecule has 0 unspecified atom stereocenters. The van der Waals surface area contributed by atoms with E-state index < -0.39 is 30.3 Å². The van der Waals surface area contributed by atoms with Gasteiger partial charge in [0.2, 0.25) is 5.91 Å². The molecule has 0 spiro atoms. The largest absolute Gasteiger partial charge is 0.459 e. The number of imide groups is 2. The molecule has 8 nitrogen and oxygen atoms in total. The van der Waals surface area contributed by atoms with Crippen molar-refractivity contribution in [2.24, 2.45) is 0 Å². The van der Waals surface area contributed by atoms with Crippen LogP contribution in [0.2, 0.25) is 5.02 Å². The molecular formula is C20H20ClN3O5. The molecule has 2 heterocycles. The van der Waals surface area contributed by atoms with Crippen LogP contribution in [0.5, 0.6) is 0 Å². The van der Waals surface area contributed by atoms with Crippen LogP contribution in [0.15, 0.2) is 40.8 Å². The molecule has 1 fully saturated rings. The van der Waals surface area contributed by atoms with Gasteiger partial charge < -0.3 is 9.73 Å². The first-order valence-corrected chi connectivity index (χ1v) is 9.57. The van der Waals surface area contributed by atoms with Gasteiger partial charge in [-0.15, -0.1) is 0 Å². The van der Waals surface area contributed by atoms with Gasteiger partial charge in [-0.2, -0.15) is 0 Å². The SMILES string of the molecule is CCCCN1C(=O)C(=O)N(CC(=O)NCc2ccc(-c3ccc(Cl)cc3)o2)C1=O. The molecule has 1 aromatic heterocycles. The number of urea groups is 1. The van der Waals surface area contributed by atoms with Gasteiger partial charge in [-0.25, -0.2) is 9.69 Å². The minimum atomic E-state index is -0.982. The van der Waals surface area contributed by atoms with E-state index in [1.165, 1.54) is 0 Å². The maximum atomic E-state index is 12.2. The smallest absolute Gasteiger partial charge is 0.334 e. The highest BCUT2D eigenvalue weighted by atomic mass is 35.5. The maximum Gasteiger partial charge on any atom is 0.334 e. The summed E-state index contributed by atoms with van der Waals surface area (Å²) in [5.41, 5.74) is 0.839. The van der Waals surface area contributed by atoms with Gasteiger partial charge in [-0.05, 0) is 42.8 Å². The average Bonchev–Trinajstić information content (AvgIpc) is 3.26. The summed E-state index contributed by atoms with van der Waals surface area (Å²) in [6.07, 6.45) is 1.37. The van der Waals surface area contributed by atoms with Crippen molar-refractivity contribution in [1.82, 2.24) is 15.1 Å². The molecule has 2 aromatic rings. The Kier molecular flexibility index (Phi) is 6.33. The fraction of sp³-hybridized carbons (Fsp3) is 0.300. The van der Waals surface area contributed by atoms with E-state index in [9.17, 15) is 19.2 Å². The number of hydrogen-bond acceptors (Lipinski definition) is 5. The Hall–Kier alpha value is -3.13. The van der Waals surface area contributed by atoms with Gasteiger partial charge in [0.25, 0.3) is 0 Å². The monoisotopic (exact) mass is 417 g/mol. The molecule has 3 rings (SSSR count). The summed E-state index contributed by atoms with van der Waals surface area (Å²) in [5, 5.41) is 3.20. The molecule has 5 amide bonds. The minimum absolute atomic E-state index is 0.0795. The zero-order valence-electron chi connectivity index (χ0n) is 15.8. The Labute approximate surface area is 172 Å². The summed E-state index contributed by atoms with van der Waals surface area (Å²) in [7, 11) is 0. The van der Waals surface area contributed by atoms with E-state index in [-0.39, 0.29) is 13.1 Å². The van der Waals surface area contributed by atoms with Crippen molar-refractivity contribution < 1.29 is 23.6 Å². The highest BCUT2D eigenvalue weighted by Crippen LogP contribution is 2.23. The standard InChI is InChI=1S/C20H20ClN3O5/c1-2-3-10-23-18(26)19(27)24(20(23)28)12-17(25)22-11-15-8-9-16(29-15)13-4-6-14(21)7-5-13/h4-9H,2-3,10-12H2,1H3,(H,22,25). The van der Waals surface area contributed by atoms with E-state index in [4.69, 9.17) is 16.0 Å². The number of furan rings is 1. The van der Waals surface area contributed by atoms with E-state index in [1.807, 2.05) is 19.1 Å². The van der Waals surface area contributed by atoms with E-state index in [0.717, 1.165) is 16.9 Å². The van der Waals surface area contributed by atoms with Crippen LogP contribution in [-0.4, -0.2) is 46.6 Å². The third kappa shape index (κ3) is 4.65. The summed E-state index contributed by atoms with van der Waals surface area (Å²) < 4.78 is 5.68. The molecule has 1 aliphatic heterocycles. The first-order valence-electron chi connectivity index (χ1n) is 9.19. The highest BCUT2D eigenvalue weighted by molar-refractivity contribution is 6.45. The summed E-state index contributed by atoms with van der Waals surface area (Å²) in [5.74, 6) is -1.32. The normalized spacial score (nSPS) is 14.1. The second kappa shape index (κ2) is 8.91. The summed E-state index contributed by atoms with van der Waals surface area (Å²) in [6.45, 7) is 1.63. The van der Waals surface area contributed by atoms with Crippen molar-refractivity contribution >= 4 is 35.4 Å². The molecular weight excluding hydrogens is 398 g/mol. The molecule has 1 saturated heterocycles. The third-order valence-electron chi connectivity index (χ3n) is 4.42. The van der Waals surface area contributed by atoms with Gasteiger partial charge in [-0.3, -0.25) is 19.3 Å². The second-order valence-corrected chi connectivity index (χ2v) is 6.97. The first kappa shape index (κ1) is 20.6. The zero-order chi connectivity index (χ0) is 21.0. The molecule has 1 N–H and O–H groups in total. The Bertz CT molecular complexity index is 938. The number of benzene rings is 1. The maximum absolute atomic E-state index is 12.2. The zero-order valence-corrected chi connectivity index (χ0v) is 16.6. The Morgan fingerprint density at radius 3 is 2.41 bits per heavy atom. The summed E-state index contributed by atoms with van der Waals surface area (Å²) in [6, 6.07) is 9.85. The van der Waals surface area contributed by atoms with Crippen LogP contribution in [-0.2, 0) is 20.9 Å². The topological polar surface area (TPSA) is 99.9 Å². The second-order valence-electron chi connectivity index (χ2n) is 6.53. The van der Waals surface area contributed by atoms with Crippen LogP contribution in [0.1, 0.15) is 25.5 Å². The number of rotatable bonds is 8. The van der Waals surface area contributed by atoms with E-state index in [1.54, 1.807) is 24.3 Å². The van der Waals surface area contributed by atoms with E-state index >= 15 is 0 Å².